The van der Waals surface area contributed by atoms with Gasteiger partial charge >= 0.3 is 5.69 Å². The molecule has 1 aromatic carbocycles. The normalized spacial score (nSPS) is 10.8. The topological polar surface area (TPSA) is 85.9 Å². The van der Waals surface area contributed by atoms with Gasteiger partial charge < -0.3 is 9.26 Å². The first kappa shape index (κ1) is 13.2. The van der Waals surface area contributed by atoms with Crippen molar-refractivity contribution in [2.24, 2.45) is 0 Å². The lowest BCUT2D eigenvalue weighted by atomic mass is 10.2. The highest BCUT2D eigenvalue weighted by atomic mass is 16.5. The molecule has 0 fully saturated rings. The van der Waals surface area contributed by atoms with E-state index < -0.39 is 0 Å². The Morgan fingerprint density at radius 1 is 1.29 bits per heavy atom. The van der Waals surface area contributed by atoms with Gasteiger partial charge in [0.2, 0.25) is 0 Å². The Bertz CT molecular complexity index is 825. The molecule has 0 aliphatic rings. The second-order valence-electron chi connectivity index (χ2n) is 4.56. The molecule has 3 rings (SSSR count). The summed E-state index contributed by atoms with van der Waals surface area (Å²) in [6.07, 6.45) is 0. The van der Waals surface area contributed by atoms with Gasteiger partial charge in [-0.15, -0.1) is 0 Å². The summed E-state index contributed by atoms with van der Waals surface area (Å²) in [5, 5.41) is 10.5. The van der Waals surface area contributed by atoms with Crippen LogP contribution in [0, 0.1) is 13.8 Å². The summed E-state index contributed by atoms with van der Waals surface area (Å²) in [6, 6.07) is 7.36. The van der Waals surface area contributed by atoms with Crippen LogP contribution in [0.3, 0.4) is 0 Å². The van der Waals surface area contributed by atoms with E-state index >= 15 is 0 Å². The first-order valence-electron chi connectivity index (χ1n) is 6.37. The van der Waals surface area contributed by atoms with Crippen molar-refractivity contribution in [2.45, 2.75) is 13.8 Å². The number of H-pyrrole nitrogens is 1. The van der Waals surface area contributed by atoms with Gasteiger partial charge in [0.05, 0.1) is 12.7 Å². The fourth-order valence-electron chi connectivity index (χ4n) is 2.31. The van der Waals surface area contributed by atoms with Crippen LogP contribution >= 0.6 is 0 Å². The van der Waals surface area contributed by atoms with Crippen LogP contribution in [0.5, 0.6) is 5.75 Å². The number of benzene rings is 1. The fourth-order valence-corrected chi connectivity index (χ4v) is 2.31. The molecular formula is C14H14N4O3. The van der Waals surface area contributed by atoms with Crippen molar-refractivity contribution < 1.29 is 9.26 Å². The summed E-state index contributed by atoms with van der Waals surface area (Å²) < 4.78 is 11.9. The van der Waals surface area contributed by atoms with E-state index in [4.69, 9.17) is 9.26 Å². The molecule has 0 radical (unpaired) electrons. The highest BCUT2D eigenvalue weighted by Crippen LogP contribution is 2.29. The predicted molar refractivity (Wildman–Crippen MR) is 75.7 cm³/mol. The van der Waals surface area contributed by atoms with E-state index in [1.165, 1.54) is 4.57 Å². The number of aryl methyl sites for hydroxylation is 2. The highest BCUT2D eigenvalue weighted by molar-refractivity contribution is 5.66. The zero-order valence-corrected chi connectivity index (χ0v) is 11.9. The molecule has 2 heterocycles. The smallest absolute Gasteiger partial charge is 0.348 e. The van der Waals surface area contributed by atoms with Crippen molar-refractivity contribution in [1.82, 2.24) is 19.9 Å². The number of aromatic amines is 1. The van der Waals surface area contributed by atoms with Crippen molar-refractivity contribution in [3.05, 3.63) is 46.2 Å². The van der Waals surface area contributed by atoms with Crippen LogP contribution in [0.4, 0.5) is 0 Å². The second kappa shape index (κ2) is 4.93. The SMILES string of the molecule is COc1ccccc1-c1n[nH]c(=O)n1-c1c(C)noc1C. The standard InChI is InChI=1S/C14H14N4O3/c1-8-12(9(2)21-17-8)18-13(15-16-14(18)19)10-6-4-5-7-11(10)20-3/h4-7H,1-3H3,(H,16,19). The van der Waals surface area contributed by atoms with Gasteiger partial charge in [0.15, 0.2) is 11.6 Å². The third kappa shape index (κ3) is 2.03. The average Bonchev–Trinajstić information content (AvgIpc) is 3.02. The van der Waals surface area contributed by atoms with Gasteiger partial charge in [-0.1, -0.05) is 17.3 Å². The lowest BCUT2D eigenvalue weighted by Gasteiger charge is -2.08. The number of rotatable bonds is 3. The van der Waals surface area contributed by atoms with Crippen molar-refractivity contribution in [3.63, 3.8) is 0 Å². The van der Waals surface area contributed by atoms with Gasteiger partial charge in [-0.05, 0) is 26.0 Å². The first-order chi connectivity index (χ1) is 10.1. The molecule has 7 nitrogen and oxygen atoms in total. The van der Waals surface area contributed by atoms with Crippen LogP contribution in [-0.2, 0) is 0 Å². The van der Waals surface area contributed by atoms with E-state index in [9.17, 15) is 4.79 Å². The minimum Gasteiger partial charge on any atom is -0.496 e. The molecule has 0 spiro atoms. The van der Waals surface area contributed by atoms with E-state index in [2.05, 4.69) is 15.4 Å². The lowest BCUT2D eigenvalue weighted by molar-refractivity contribution is 0.393. The van der Waals surface area contributed by atoms with Crippen LogP contribution < -0.4 is 10.4 Å². The Balaban J connectivity index is 2.30. The molecule has 0 amide bonds. The zero-order chi connectivity index (χ0) is 15.0. The van der Waals surface area contributed by atoms with Gasteiger partial charge in [-0.3, -0.25) is 0 Å². The maximum absolute atomic E-state index is 12.2. The molecule has 108 valence electrons. The van der Waals surface area contributed by atoms with Crippen molar-refractivity contribution in [1.29, 1.82) is 0 Å². The molecule has 2 aromatic heterocycles. The van der Waals surface area contributed by atoms with E-state index in [-0.39, 0.29) is 5.69 Å². The predicted octanol–water partition coefficient (Wildman–Crippen LogP) is 1.84. The van der Waals surface area contributed by atoms with Gasteiger partial charge in [0.1, 0.15) is 17.1 Å². The summed E-state index contributed by atoms with van der Waals surface area (Å²) in [5.41, 5.74) is 1.56. The largest absolute Gasteiger partial charge is 0.496 e. The van der Waals surface area contributed by atoms with Crippen LogP contribution in [0.1, 0.15) is 11.5 Å². The monoisotopic (exact) mass is 286 g/mol. The maximum atomic E-state index is 12.2. The molecule has 0 atom stereocenters. The molecule has 7 heteroatoms. The van der Waals surface area contributed by atoms with E-state index in [0.717, 1.165) is 0 Å². The number of hydrogen-bond donors (Lipinski definition) is 1. The molecule has 0 unspecified atom stereocenters. The number of hydrogen-bond acceptors (Lipinski definition) is 5. The Morgan fingerprint density at radius 2 is 2.05 bits per heavy atom. The summed E-state index contributed by atoms with van der Waals surface area (Å²) in [5.74, 6) is 1.63. The van der Waals surface area contributed by atoms with Crippen molar-refractivity contribution >= 4 is 0 Å². The third-order valence-corrected chi connectivity index (χ3v) is 3.24. The Kier molecular flexibility index (Phi) is 3.09. The Labute approximate surface area is 120 Å². The molecule has 0 aliphatic carbocycles. The number of aromatic nitrogens is 4. The summed E-state index contributed by atoms with van der Waals surface area (Å²) in [4.78, 5) is 12.2. The molecule has 3 aromatic rings. The number of nitrogens with zero attached hydrogens (tertiary/aromatic N) is 3. The van der Waals surface area contributed by atoms with Gasteiger partial charge in [-0.25, -0.2) is 14.5 Å². The Morgan fingerprint density at radius 3 is 2.71 bits per heavy atom. The fraction of sp³-hybridized carbons (Fsp3) is 0.214. The minimum atomic E-state index is -0.356. The number of nitrogens with one attached hydrogen (secondary N) is 1. The van der Waals surface area contributed by atoms with Crippen LogP contribution in [0.25, 0.3) is 17.1 Å². The summed E-state index contributed by atoms with van der Waals surface area (Å²) in [6.45, 7) is 3.53. The number of para-hydroxylation sites is 1. The zero-order valence-electron chi connectivity index (χ0n) is 11.9. The van der Waals surface area contributed by atoms with Crippen LogP contribution in [0.2, 0.25) is 0 Å². The average molecular weight is 286 g/mol. The summed E-state index contributed by atoms with van der Waals surface area (Å²) >= 11 is 0. The van der Waals surface area contributed by atoms with E-state index in [1.54, 1.807) is 21.0 Å². The number of ether oxygens (including phenoxy) is 1. The maximum Gasteiger partial charge on any atom is 0.348 e. The third-order valence-electron chi connectivity index (χ3n) is 3.24. The highest BCUT2D eigenvalue weighted by Gasteiger charge is 2.21. The molecule has 1 N–H and O–H groups in total. The van der Waals surface area contributed by atoms with Crippen molar-refractivity contribution in [3.8, 4) is 22.8 Å². The quantitative estimate of drug-likeness (QED) is 0.794. The van der Waals surface area contributed by atoms with Crippen LogP contribution in [-0.4, -0.2) is 27.0 Å². The minimum absolute atomic E-state index is 0.356. The molecular weight excluding hydrogens is 272 g/mol. The van der Waals surface area contributed by atoms with Gasteiger partial charge in [0.25, 0.3) is 0 Å². The Hall–Kier alpha value is -2.83. The van der Waals surface area contributed by atoms with Gasteiger partial charge in [-0.2, -0.15) is 5.10 Å². The van der Waals surface area contributed by atoms with Crippen LogP contribution in [0.15, 0.2) is 33.6 Å². The molecule has 21 heavy (non-hydrogen) atoms. The molecule has 0 saturated carbocycles. The van der Waals surface area contributed by atoms with Crippen molar-refractivity contribution in [2.75, 3.05) is 7.11 Å². The van der Waals surface area contributed by atoms with Gasteiger partial charge in [0, 0.05) is 0 Å². The second-order valence-corrected chi connectivity index (χ2v) is 4.56. The first-order valence-corrected chi connectivity index (χ1v) is 6.37. The lowest BCUT2D eigenvalue weighted by Crippen LogP contribution is -2.17. The number of methoxy groups -OCH3 is 1. The molecule has 0 saturated heterocycles. The molecule has 0 bridgehead atoms. The van der Waals surface area contributed by atoms with E-state index in [1.807, 2.05) is 24.3 Å². The summed E-state index contributed by atoms with van der Waals surface area (Å²) in [7, 11) is 1.57. The molecule has 0 aliphatic heterocycles. The van der Waals surface area contributed by atoms with E-state index in [0.29, 0.717) is 34.3 Å².